The van der Waals surface area contributed by atoms with Gasteiger partial charge in [0, 0.05) is 38.4 Å². The quantitative estimate of drug-likeness (QED) is 0.567. The Morgan fingerprint density at radius 2 is 1.73 bits per heavy atom. The molecule has 1 aliphatic heterocycles. The molecule has 11 heteroatoms. The minimum atomic E-state index is -4.41. The van der Waals surface area contributed by atoms with Gasteiger partial charge in [0.25, 0.3) is 0 Å². The summed E-state index contributed by atoms with van der Waals surface area (Å²) in [6.45, 7) is 2.48. The molecule has 1 aromatic rings. The zero-order valence-corrected chi connectivity index (χ0v) is 20.7. The first-order valence-corrected chi connectivity index (χ1v) is 13.3. The largest absolute Gasteiger partial charge is 0.506 e. The Hall–Kier alpha value is -2.56. The second kappa shape index (κ2) is 8.74. The second-order valence-corrected chi connectivity index (χ2v) is 11.8. The van der Waals surface area contributed by atoms with Crippen molar-refractivity contribution in [3.63, 3.8) is 0 Å². The Kier molecular flexibility index (Phi) is 5.85. The number of aromatic nitrogens is 1. The number of alkyl halides is 3. The summed E-state index contributed by atoms with van der Waals surface area (Å²) in [5.41, 5.74) is -1.88. The molecular formula is C26H33F3N4O4. The molecule has 7 rings (SSSR count). The molecule has 6 fully saturated rings. The normalized spacial score (nSPS) is 34.6. The predicted octanol–water partition coefficient (Wildman–Crippen LogP) is 3.90. The van der Waals surface area contributed by atoms with Crippen LogP contribution in [0.3, 0.4) is 0 Å². The number of halogens is 3. The highest BCUT2D eigenvalue weighted by Gasteiger charge is 2.59. The van der Waals surface area contributed by atoms with Gasteiger partial charge in [-0.05, 0) is 81.3 Å². The third-order valence-corrected chi connectivity index (χ3v) is 9.71. The first-order chi connectivity index (χ1) is 17.6. The van der Waals surface area contributed by atoms with E-state index in [-0.39, 0.29) is 23.8 Å². The number of ether oxygens (including phenoxy) is 1. The molecule has 8 nitrogen and oxygen atoms in total. The van der Waals surface area contributed by atoms with Crippen molar-refractivity contribution in [2.75, 3.05) is 31.1 Å². The van der Waals surface area contributed by atoms with Gasteiger partial charge in [0.15, 0.2) is 0 Å². The fourth-order valence-electron chi connectivity index (χ4n) is 8.08. The van der Waals surface area contributed by atoms with E-state index in [1.54, 1.807) is 0 Å². The lowest BCUT2D eigenvalue weighted by molar-refractivity contribution is -0.161. The minimum absolute atomic E-state index is 0.0599. The molecule has 2 N–H and O–H groups in total. The van der Waals surface area contributed by atoms with E-state index in [2.05, 4.69) is 15.2 Å². The van der Waals surface area contributed by atoms with Crippen molar-refractivity contribution in [3.8, 4) is 0 Å². The Labute approximate surface area is 213 Å². The monoisotopic (exact) mass is 522 g/mol. The summed E-state index contributed by atoms with van der Waals surface area (Å²) in [5.74, 6) is 1.55. The van der Waals surface area contributed by atoms with Crippen LogP contribution in [0.15, 0.2) is 18.3 Å². The molecule has 6 aliphatic rings. The standard InChI is InChI=1S/C26H33F3N4O4/c27-26(28,29)19-2-3-20(30-15-19)32-6-8-33(9-7-32)25(4-1-5-25)22(34)31-21-17-10-16-11-18(21)14-24(12-16,13-17)37-23(35)36/h2-3,15-18,21H,1,4-14H2,(H,31,34)(H,35,36). The molecular weight excluding hydrogens is 489 g/mol. The molecule has 2 atom stereocenters. The second-order valence-electron chi connectivity index (χ2n) is 11.8. The van der Waals surface area contributed by atoms with Crippen molar-refractivity contribution in [2.45, 2.75) is 74.7 Å². The zero-order chi connectivity index (χ0) is 26.0. The molecule has 37 heavy (non-hydrogen) atoms. The Morgan fingerprint density at radius 1 is 1.05 bits per heavy atom. The van der Waals surface area contributed by atoms with Gasteiger partial charge in [0.1, 0.15) is 17.0 Å². The molecule has 5 aliphatic carbocycles. The van der Waals surface area contributed by atoms with Crippen LogP contribution in [-0.2, 0) is 15.7 Å². The smallest absolute Gasteiger partial charge is 0.450 e. The number of piperazine rings is 1. The predicted molar refractivity (Wildman–Crippen MR) is 127 cm³/mol. The average molecular weight is 523 g/mol. The number of anilines is 1. The Bertz CT molecular complexity index is 1040. The fraction of sp³-hybridized carbons (Fsp3) is 0.731. The molecule has 2 unspecified atom stereocenters. The number of hydrogen-bond donors (Lipinski definition) is 2. The number of carbonyl (C=O) groups excluding carboxylic acids is 1. The van der Waals surface area contributed by atoms with Gasteiger partial charge < -0.3 is 20.1 Å². The fourth-order valence-corrected chi connectivity index (χ4v) is 8.08. The third kappa shape index (κ3) is 4.32. The van der Waals surface area contributed by atoms with Gasteiger partial charge in [-0.2, -0.15) is 13.2 Å². The first kappa shape index (κ1) is 24.8. The molecule has 202 valence electrons. The number of nitrogens with zero attached hydrogens (tertiary/aromatic N) is 3. The summed E-state index contributed by atoms with van der Waals surface area (Å²) in [6.07, 6.45) is 2.04. The van der Waals surface area contributed by atoms with Crippen LogP contribution in [0.5, 0.6) is 0 Å². The van der Waals surface area contributed by atoms with Crippen molar-refractivity contribution in [1.29, 1.82) is 0 Å². The summed E-state index contributed by atoms with van der Waals surface area (Å²) in [5, 5.41) is 12.7. The summed E-state index contributed by atoms with van der Waals surface area (Å²) < 4.78 is 44.0. The summed E-state index contributed by atoms with van der Waals surface area (Å²) in [4.78, 5) is 33.3. The first-order valence-electron chi connectivity index (χ1n) is 13.3. The number of carboxylic acid groups (broad SMARTS) is 1. The lowest BCUT2D eigenvalue weighted by Gasteiger charge is -2.59. The SMILES string of the molecule is O=C(O)OC12CC3CC(C1)C(NC(=O)C1(N4CCN(c5ccc(C(F)(F)F)cn5)CC4)CCC1)C(C3)C2. The molecule has 0 spiro atoms. The lowest BCUT2D eigenvalue weighted by Crippen LogP contribution is -2.70. The van der Waals surface area contributed by atoms with E-state index in [0.29, 0.717) is 50.8 Å². The van der Waals surface area contributed by atoms with Crippen molar-refractivity contribution in [3.05, 3.63) is 23.9 Å². The van der Waals surface area contributed by atoms with Crippen molar-refractivity contribution >= 4 is 17.9 Å². The van der Waals surface area contributed by atoms with Gasteiger partial charge in [-0.1, -0.05) is 0 Å². The van der Waals surface area contributed by atoms with E-state index in [9.17, 15) is 27.9 Å². The van der Waals surface area contributed by atoms with Gasteiger partial charge >= 0.3 is 12.3 Å². The van der Waals surface area contributed by atoms with Crippen molar-refractivity contribution < 1.29 is 32.6 Å². The third-order valence-electron chi connectivity index (χ3n) is 9.71. The van der Waals surface area contributed by atoms with Gasteiger partial charge in [-0.15, -0.1) is 0 Å². The van der Waals surface area contributed by atoms with E-state index in [0.717, 1.165) is 50.8 Å². The number of rotatable bonds is 5. The average Bonchev–Trinajstić information content (AvgIpc) is 2.79. The maximum absolute atomic E-state index is 13.8. The van der Waals surface area contributed by atoms with Gasteiger partial charge in [-0.3, -0.25) is 9.69 Å². The van der Waals surface area contributed by atoms with Crippen molar-refractivity contribution in [2.24, 2.45) is 17.8 Å². The van der Waals surface area contributed by atoms with E-state index in [1.807, 2.05) is 4.90 Å². The van der Waals surface area contributed by atoms with Crippen LogP contribution in [0, 0.1) is 17.8 Å². The molecule has 1 amide bonds. The molecule has 2 heterocycles. The number of amides is 1. The van der Waals surface area contributed by atoms with E-state index in [1.165, 1.54) is 6.07 Å². The van der Waals surface area contributed by atoms with Crippen LogP contribution >= 0.6 is 0 Å². The number of carbonyl (C=O) groups is 2. The number of nitrogens with one attached hydrogen (secondary N) is 1. The van der Waals surface area contributed by atoms with Crippen LogP contribution in [-0.4, -0.2) is 70.4 Å². The Balaban J connectivity index is 1.09. The molecule has 1 aromatic heterocycles. The van der Waals surface area contributed by atoms with Gasteiger partial charge in [0.05, 0.1) is 5.56 Å². The highest BCUT2D eigenvalue weighted by atomic mass is 19.4. The number of pyridine rings is 1. The van der Waals surface area contributed by atoms with E-state index < -0.39 is 29.0 Å². The minimum Gasteiger partial charge on any atom is -0.450 e. The highest BCUT2D eigenvalue weighted by Crippen LogP contribution is 2.57. The van der Waals surface area contributed by atoms with Crippen LogP contribution in [0.25, 0.3) is 0 Å². The molecule has 5 saturated carbocycles. The van der Waals surface area contributed by atoms with E-state index >= 15 is 0 Å². The van der Waals surface area contributed by atoms with Gasteiger partial charge in [-0.25, -0.2) is 9.78 Å². The molecule has 0 radical (unpaired) electrons. The highest BCUT2D eigenvalue weighted by molar-refractivity contribution is 5.87. The van der Waals surface area contributed by atoms with Crippen LogP contribution < -0.4 is 10.2 Å². The maximum Gasteiger partial charge on any atom is 0.506 e. The van der Waals surface area contributed by atoms with Gasteiger partial charge in [0.2, 0.25) is 5.91 Å². The van der Waals surface area contributed by atoms with Crippen LogP contribution in [0.2, 0.25) is 0 Å². The molecule has 4 bridgehead atoms. The summed E-state index contributed by atoms with van der Waals surface area (Å²) in [7, 11) is 0. The van der Waals surface area contributed by atoms with Crippen molar-refractivity contribution in [1.82, 2.24) is 15.2 Å². The van der Waals surface area contributed by atoms with Crippen LogP contribution in [0.1, 0.15) is 56.9 Å². The van der Waals surface area contributed by atoms with E-state index in [4.69, 9.17) is 4.74 Å². The molecule has 1 saturated heterocycles. The maximum atomic E-state index is 13.8. The Morgan fingerprint density at radius 3 is 2.24 bits per heavy atom. The summed E-state index contributed by atoms with van der Waals surface area (Å²) >= 11 is 0. The summed E-state index contributed by atoms with van der Waals surface area (Å²) in [6, 6.07) is 2.54. The zero-order valence-electron chi connectivity index (χ0n) is 20.7. The lowest BCUT2D eigenvalue weighted by atomic mass is 9.52. The molecule has 0 aromatic carbocycles. The van der Waals surface area contributed by atoms with Crippen LogP contribution in [0.4, 0.5) is 23.8 Å². The number of hydrogen-bond acceptors (Lipinski definition) is 6. The topological polar surface area (TPSA) is 95.0 Å².